The zero-order valence-electron chi connectivity index (χ0n) is 26.4. The number of benzene rings is 1. The second-order valence-corrected chi connectivity index (χ2v) is 14.4. The summed E-state index contributed by atoms with van der Waals surface area (Å²) in [5, 5.41) is 0. The third kappa shape index (κ3) is 7.23. The summed E-state index contributed by atoms with van der Waals surface area (Å²) in [6, 6.07) is 7.70. The Kier molecular flexibility index (Phi) is 10.1. The third-order valence-corrected chi connectivity index (χ3v) is 11.5. The maximum atomic E-state index is 13.6. The van der Waals surface area contributed by atoms with Crippen molar-refractivity contribution in [3.05, 3.63) is 76.8 Å². The number of nitrogens with zero attached hydrogens (tertiary/aromatic N) is 6. The third-order valence-electron chi connectivity index (χ3n) is 9.73. The molecule has 1 saturated carbocycles. The molecule has 7 rings (SSSR count). The van der Waals surface area contributed by atoms with Gasteiger partial charge in [0.05, 0.1) is 19.3 Å². The van der Waals surface area contributed by atoms with E-state index in [0.29, 0.717) is 30.4 Å². The first-order valence-electron chi connectivity index (χ1n) is 15.8. The molecule has 2 aromatic heterocycles. The predicted molar refractivity (Wildman–Crippen MR) is 171 cm³/mol. The Hall–Kier alpha value is -2.55. The number of anilines is 1. The average molecular weight is 809 g/mol. The van der Waals surface area contributed by atoms with Gasteiger partial charge in [-0.25, -0.2) is 14.4 Å². The van der Waals surface area contributed by atoms with Gasteiger partial charge in [0.1, 0.15) is 18.4 Å². The van der Waals surface area contributed by atoms with Crippen molar-refractivity contribution in [3.63, 3.8) is 0 Å². The molecule has 0 amide bonds. The number of pyridine rings is 1. The number of likely N-dealkylation sites (N-methyl/N-ethyl adjacent to an activating group) is 1. The summed E-state index contributed by atoms with van der Waals surface area (Å²) in [6.07, 6.45) is 9.77. The quantitative estimate of drug-likeness (QED) is 0.238. The van der Waals surface area contributed by atoms with Gasteiger partial charge in [-0.1, -0.05) is 6.07 Å². The van der Waals surface area contributed by atoms with Gasteiger partial charge in [0.25, 0.3) is 0 Å². The molecule has 0 atom stereocenters. The molecule has 9 nitrogen and oxygen atoms in total. The molecule has 0 bridgehead atoms. The Morgan fingerprint density at radius 1 is 1.20 bits per heavy atom. The van der Waals surface area contributed by atoms with Gasteiger partial charge in [0, 0.05) is 29.8 Å². The summed E-state index contributed by atoms with van der Waals surface area (Å²) in [7, 11) is 2.15. The predicted octanol–water partition coefficient (Wildman–Crippen LogP) is 3.67. The van der Waals surface area contributed by atoms with Crippen molar-refractivity contribution in [1.82, 2.24) is 24.8 Å². The molecule has 3 radical (unpaired) electrons. The Morgan fingerprint density at radius 2 is 2.00 bits per heavy atom. The summed E-state index contributed by atoms with van der Waals surface area (Å²) >= 11 is 1.18. The van der Waals surface area contributed by atoms with Crippen LogP contribution in [0.3, 0.4) is 0 Å². The number of fused-ring (bicyclic) bond motifs is 1. The van der Waals surface area contributed by atoms with Gasteiger partial charge >= 0.3 is 141 Å². The van der Waals surface area contributed by atoms with E-state index in [0.717, 1.165) is 81.3 Å². The van der Waals surface area contributed by atoms with Crippen LogP contribution in [0.25, 0.3) is 0 Å². The molecule has 11 heteroatoms. The fourth-order valence-corrected chi connectivity index (χ4v) is 7.79. The van der Waals surface area contributed by atoms with Crippen LogP contribution in [0.15, 0.2) is 43.0 Å². The number of aromatic nitrogens is 3. The van der Waals surface area contributed by atoms with Gasteiger partial charge in [-0.15, -0.1) is 0 Å². The molecule has 1 spiro atoms. The molecular weight excluding hydrogens is 767 g/mol. The van der Waals surface area contributed by atoms with Crippen molar-refractivity contribution < 1.29 is 18.7 Å². The monoisotopic (exact) mass is 809 g/mol. The van der Waals surface area contributed by atoms with Gasteiger partial charge in [-0.2, -0.15) is 0 Å². The van der Waals surface area contributed by atoms with E-state index in [1.165, 1.54) is 53.3 Å². The van der Waals surface area contributed by atoms with Gasteiger partial charge in [0.15, 0.2) is 0 Å². The first-order chi connectivity index (χ1) is 21.8. The van der Waals surface area contributed by atoms with Crippen LogP contribution in [0.4, 0.5) is 10.2 Å². The van der Waals surface area contributed by atoms with Crippen LogP contribution in [-0.2, 0) is 24.1 Å². The van der Waals surface area contributed by atoms with Crippen molar-refractivity contribution in [1.29, 1.82) is 0 Å². The van der Waals surface area contributed by atoms with Crippen molar-refractivity contribution in [2.45, 2.75) is 64.3 Å². The fourth-order valence-electron chi connectivity index (χ4n) is 6.74. The second-order valence-electron chi connectivity index (χ2n) is 13.2. The number of hydrogen-bond donors (Lipinski definition) is 0. The molecule has 1 aromatic carbocycles. The molecule has 3 aliphatic heterocycles. The van der Waals surface area contributed by atoms with Gasteiger partial charge < -0.3 is 4.74 Å². The number of carbonyl (C=O) groups excluding carboxylic acids is 1. The van der Waals surface area contributed by atoms with E-state index in [4.69, 9.17) is 9.47 Å². The van der Waals surface area contributed by atoms with E-state index < -0.39 is 5.82 Å². The summed E-state index contributed by atoms with van der Waals surface area (Å²) in [4.78, 5) is 31.9. The number of ether oxygens (including phenoxy) is 2. The van der Waals surface area contributed by atoms with Crippen LogP contribution < -0.4 is 9.64 Å². The van der Waals surface area contributed by atoms with Crippen LogP contribution in [-0.4, -0.2) is 119 Å². The Morgan fingerprint density at radius 3 is 2.67 bits per heavy atom. The summed E-state index contributed by atoms with van der Waals surface area (Å²) in [5.74, 6) is 1.50. The van der Waals surface area contributed by atoms with E-state index in [-0.39, 0.29) is 11.5 Å². The number of halogens is 1. The minimum atomic E-state index is -0.409. The normalized spacial score (nSPS) is 19.3. The van der Waals surface area contributed by atoms with Crippen molar-refractivity contribution >= 4 is 37.9 Å². The zero-order chi connectivity index (χ0) is 31.6. The molecule has 45 heavy (non-hydrogen) atoms. The Labute approximate surface area is 281 Å². The summed E-state index contributed by atoms with van der Waals surface area (Å²) < 4.78 is 26.3. The molecule has 237 valence electrons. The van der Waals surface area contributed by atoms with E-state index >= 15 is 0 Å². The first kappa shape index (κ1) is 32.4. The minimum absolute atomic E-state index is 0.240. The first-order valence-corrected chi connectivity index (χ1v) is 18.6. The van der Waals surface area contributed by atoms with E-state index in [2.05, 4.69) is 50.5 Å². The molecule has 2 saturated heterocycles. The van der Waals surface area contributed by atoms with Crippen LogP contribution in [0.2, 0.25) is 0 Å². The summed E-state index contributed by atoms with van der Waals surface area (Å²) in [6.45, 7) is 10.2. The van der Waals surface area contributed by atoms with Crippen LogP contribution in [0, 0.1) is 11.2 Å². The number of carbonyl (C=O) groups is 1. The van der Waals surface area contributed by atoms with Crippen LogP contribution in [0.1, 0.15) is 59.4 Å². The van der Waals surface area contributed by atoms with E-state index in [9.17, 15) is 9.18 Å². The van der Waals surface area contributed by atoms with E-state index in [1.807, 2.05) is 12.3 Å². The Balaban J connectivity index is 0.000000343. The average Bonchev–Trinajstić information content (AvgIpc) is 2.98. The molecule has 1 aliphatic carbocycles. The standard InChI is InChI=1S/C27H27FN5O2.C7H15NO.Pb/c1-32-7-5-24-23(13-32)25(4-6-30-24)35-22-10-27(11-22)15-33(16-27)26-19(12-29-17-31-26)8-18-2-3-21(28)9-20(18)14-34;1-6(2)8(3)7-4-9-5-7;/h2-4,6,9,12,14,17,22H,1,5,7-8,10-11,13,15-16H2;6-7H,4-5H2,1-3H3;. The SMILES string of the molecule is CC(C)N(C)C1COC1.O=Cc1cc(F)ccc1Cc1cncnc1N1CC2(CC(Oc3ccnc4c3CN([CH2][Pb])CC4)C2)C1. The van der Waals surface area contributed by atoms with E-state index in [1.54, 1.807) is 18.6 Å². The maximum absolute atomic E-state index is 13.6. The topological polar surface area (TPSA) is 83.9 Å². The summed E-state index contributed by atoms with van der Waals surface area (Å²) in [5.41, 5.74) is 4.83. The van der Waals surface area contributed by atoms with Gasteiger partial charge in [-0.05, 0) is 38.6 Å². The molecule has 3 fully saturated rings. The second kappa shape index (κ2) is 14.1. The molecule has 0 unspecified atom stereocenters. The van der Waals surface area contributed by atoms with Crippen molar-refractivity contribution in [2.75, 3.05) is 48.9 Å². The van der Waals surface area contributed by atoms with Gasteiger partial charge in [-0.3, -0.25) is 9.69 Å². The number of rotatable bonds is 9. The molecule has 3 aromatic rings. The molecule has 4 aliphatic rings. The van der Waals surface area contributed by atoms with Crippen LogP contribution >= 0.6 is 0 Å². The number of aldehydes is 1. The zero-order valence-corrected chi connectivity index (χ0v) is 30.3. The Bertz CT molecular complexity index is 1490. The number of hydrogen-bond acceptors (Lipinski definition) is 9. The van der Waals surface area contributed by atoms with Crippen LogP contribution in [0.5, 0.6) is 5.75 Å². The van der Waals surface area contributed by atoms with Crippen molar-refractivity contribution in [3.8, 4) is 5.75 Å². The molecule has 5 heterocycles. The fraction of sp³-hybridized carbons (Fsp3) is 0.529. The molecular formula is C34H42FN6O3Pb. The molecule has 0 N–H and O–H groups in total. The van der Waals surface area contributed by atoms with Crippen molar-refractivity contribution in [2.24, 2.45) is 5.41 Å². The van der Waals surface area contributed by atoms with Gasteiger partial charge in [0.2, 0.25) is 0 Å².